The number of allylic oxidation sites excluding steroid dienone is 2. The van der Waals surface area contributed by atoms with Gasteiger partial charge in [-0.05, 0) is 44.9 Å². The lowest BCUT2D eigenvalue weighted by Gasteiger charge is -2.27. The summed E-state index contributed by atoms with van der Waals surface area (Å²) in [6, 6.07) is 0. The van der Waals surface area contributed by atoms with Gasteiger partial charge in [0.15, 0.2) is 0 Å². The number of nitrogens with two attached hydrogens (primary N) is 1. The molecule has 2 nitrogen and oxygen atoms in total. The quantitative estimate of drug-likeness (QED) is 0.387. The van der Waals surface area contributed by atoms with Gasteiger partial charge in [0.1, 0.15) is 0 Å². The van der Waals surface area contributed by atoms with Crippen LogP contribution in [0.2, 0.25) is 0 Å². The van der Waals surface area contributed by atoms with Crippen LogP contribution in [0.4, 0.5) is 0 Å². The zero-order chi connectivity index (χ0) is 9.80. The highest BCUT2D eigenvalue weighted by atomic mass is 15.1. The van der Waals surface area contributed by atoms with Crippen LogP contribution in [0.3, 0.4) is 0 Å². The Morgan fingerprint density at radius 1 is 1.14 bits per heavy atom. The molecule has 2 N–H and O–H groups in total. The van der Waals surface area contributed by atoms with Crippen molar-refractivity contribution in [3.63, 3.8) is 0 Å². The maximum absolute atomic E-state index is 5.46. The van der Waals surface area contributed by atoms with Crippen LogP contribution in [0.1, 0.15) is 51.4 Å². The molecule has 0 aromatic rings. The highest BCUT2D eigenvalue weighted by Gasteiger charge is 2.24. The van der Waals surface area contributed by atoms with Crippen molar-refractivity contribution in [2.24, 2.45) is 16.9 Å². The van der Waals surface area contributed by atoms with Gasteiger partial charge >= 0.3 is 0 Å². The van der Waals surface area contributed by atoms with Crippen LogP contribution in [0.5, 0.6) is 0 Å². The number of hydrazone groups is 1. The largest absolute Gasteiger partial charge is 0.323 e. The Balaban J connectivity index is 2.10. The Kier molecular flexibility index (Phi) is 3.22. The number of nitrogens with zero attached hydrogens (tertiary/aromatic N) is 1. The van der Waals surface area contributed by atoms with Crippen LogP contribution in [-0.4, -0.2) is 5.71 Å². The summed E-state index contributed by atoms with van der Waals surface area (Å²) in [4.78, 5) is 0. The molecule has 1 atom stereocenters. The Morgan fingerprint density at radius 3 is 2.71 bits per heavy atom. The van der Waals surface area contributed by atoms with E-state index < -0.39 is 0 Å². The van der Waals surface area contributed by atoms with E-state index in [1.54, 1.807) is 5.57 Å². The topological polar surface area (TPSA) is 38.4 Å². The third-order valence-corrected chi connectivity index (χ3v) is 3.52. The zero-order valence-corrected chi connectivity index (χ0v) is 8.84. The van der Waals surface area contributed by atoms with E-state index in [4.69, 9.17) is 5.84 Å². The molecule has 0 amide bonds. The van der Waals surface area contributed by atoms with Gasteiger partial charge in [-0.15, -0.1) is 0 Å². The molecule has 0 spiro atoms. The molecule has 1 saturated carbocycles. The molecule has 2 heteroatoms. The summed E-state index contributed by atoms with van der Waals surface area (Å²) < 4.78 is 0. The van der Waals surface area contributed by atoms with Gasteiger partial charge in [0, 0.05) is 11.6 Å². The van der Waals surface area contributed by atoms with Crippen molar-refractivity contribution in [3.05, 3.63) is 11.6 Å². The standard InChI is InChI=1S/C12H20N2/c13-14-12-9-5-4-8-11(12)10-6-2-1-3-7-10/h6,11H,1-5,7-9,13H2/b14-12+. The minimum Gasteiger partial charge on any atom is -0.323 e. The molecule has 1 fully saturated rings. The predicted octanol–water partition coefficient (Wildman–Crippen LogP) is 2.99. The molecule has 1 unspecified atom stereocenters. The van der Waals surface area contributed by atoms with E-state index in [-0.39, 0.29) is 0 Å². The van der Waals surface area contributed by atoms with Gasteiger partial charge in [-0.3, -0.25) is 0 Å². The lowest BCUT2D eigenvalue weighted by Crippen LogP contribution is -2.23. The van der Waals surface area contributed by atoms with Gasteiger partial charge in [-0.25, -0.2) is 0 Å². The third kappa shape index (κ3) is 1.99. The SMILES string of the molecule is N/N=C1\CCCCC1C1=CCCCC1. The van der Waals surface area contributed by atoms with Crippen molar-refractivity contribution in [2.75, 3.05) is 0 Å². The average Bonchev–Trinajstić information content (AvgIpc) is 2.30. The highest BCUT2D eigenvalue weighted by molar-refractivity contribution is 5.89. The van der Waals surface area contributed by atoms with Gasteiger partial charge in [0.05, 0.1) is 0 Å². The van der Waals surface area contributed by atoms with E-state index in [2.05, 4.69) is 11.2 Å². The van der Waals surface area contributed by atoms with Crippen molar-refractivity contribution in [2.45, 2.75) is 51.4 Å². The summed E-state index contributed by atoms with van der Waals surface area (Å²) in [7, 11) is 0. The first-order chi connectivity index (χ1) is 6.92. The molecule has 78 valence electrons. The highest BCUT2D eigenvalue weighted by Crippen LogP contribution is 2.33. The first-order valence-corrected chi connectivity index (χ1v) is 5.87. The van der Waals surface area contributed by atoms with Gasteiger partial charge in [0.2, 0.25) is 0 Å². The van der Waals surface area contributed by atoms with Gasteiger partial charge < -0.3 is 5.84 Å². The fraction of sp³-hybridized carbons (Fsp3) is 0.750. The molecule has 0 heterocycles. The Morgan fingerprint density at radius 2 is 2.00 bits per heavy atom. The van der Waals surface area contributed by atoms with E-state index in [1.807, 2.05) is 0 Å². The summed E-state index contributed by atoms with van der Waals surface area (Å²) >= 11 is 0. The summed E-state index contributed by atoms with van der Waals surface area (Å²) in [5, 5.41) is 3.98. The zero-order valence-electron chi connectivity index (χ0n) is 8.84. The normalized spacial score (nSPS) is 31.6. The van der Waals surface area contributed by atoms with Crippen molar-refractivity contribution < 1.29 is 0 Å². The maximum atomic E-state index is 5.46. The Hall–Kier alpha value is -0.790. The second-order valence-corrected chi connectivity index (χ2v) is 4.44. The summed E-state index contributed by atoms with van der Waals surface area (Å²) in [6.07, 6.45) is 12.7. The molecule has 2 rings (SSSR count). The molecule has 2 aliphatic carbocycles. The second-order valence-electron chi connectivity index (χ2n) is 4.44. The lowest BCUT2D eigenvalue weighted by atomic mass is 9.78. The van der Waals surface area contributed by atoms with Crippen molar-refractivity contribution in [1.29, 1.82) is 0 Å². The van der Waals surface area contributed by atoms with Crippen molar-refractivity contribution >= 4 is 5.71 Å². The minimum absolute atomic E-state index is 0.606. The van der Waals surface area contributed by atoms with E-state index in [1.165, 1.54) is 50.7 Å². The van der Waals surface area contributed by atoms with Crippen LogP contribution in [0.25, 0.3) is 0 Å². The third-order valence-electron chi connectivity index (χ3n) is 3.52. The van der Waals surface area contributed by atoms with E-state index >= 15 is 0 Å². The molecule has 0 radical (unpaired) electrons. The molecular formula is C12H20N2. The molecular weight excluding hydrogens is 172 g/mol. The fourth-order valence-electron chi connectivity index (χ4n) is 2.73. The monoisotopic (exact) mass is 192 g/mol. The van der Waals surface area contributed by atoms with E-state index in [0.29, 0.717) is 5.92 Å². The minimum atomic E-state index is 0.606. The summed E-state index contributed by atoms with van der Waals surface area (Å²) in [6.45, 7) is 0. The van der Waals surface area contributed by atoms with Gasteiger partial charge in [-0.2, -0.15) is 5.10 Å². The summed E-state index contributed by atoms with van der Waals surface area (Å²) in [5.74, 6) is 6.07. The van der Waals surface area contributed by atoms with Crippen LogP contribution in [0, 0.1) is 5.92 Å². The molecule has 0 saturated heterocycles. The van der Waals surface area contributed by atoms with E-state index in [9.17, 15) is 0 Å². The number of rotatable bonds is 1. The summed E-state index contributed by atoms with van der Waals surface area (Å²) in [5.41, 5.74) is 2.88. The molecule has 14 heavy (non-hydrogen) atoms. The van der Waals surface area contributed by atoms with Crippen LogP contribution < -0.4 is 5.84 Å². The van der Waals surface area contributed by atoms with Crippen LogP contribution >= 0.6 is 0 Å². The Labute approximate surface area is 86.3 Å². The lowest BCUT2D eigenvalue weighted by molar-refractivity contribution is 0.539. The average molecular weight is 192 g/mol. The Bertz CT molecular complexity index is 253. The number of hydrogen-bond acceptors (Lipinski definition) is 2. The van der Waals surface area contributed by atoms with Crippen LogP contribution in [-0.2, 0) is 0 Å². The molecule has 2 aliphatic rings. The smallest absolute Gasteiger partial charge is 0.0447 e. The maximum Gasteiger partial charge on any atom is 0.0447 e. The van der Waals surface area contributed by atoms with Crippen LogP contribution in [0.15, 0.2) is 16.8 Å². The number of hydrogen-bond donors (Lipinski definition) is 1. The molecule has 0 aromatic heterocycles. The molecule has 0 aliphatic heterocycles. The van der Waals surface area contributed by atoms with Crippen molar-refractivity contribution in [1.82, 2.24) is 0 Å². The van der Waals surface area contributed by atoms with E-state index in [0.717, 1.165) is 6.42 Å². The first kappa shape index (κ1) is 9.75. The molecule has 0 bridgehead atoms. The second kappa shape index (κ2) is 4.63. The van der Waals surface area contributed by atoms with Gasteiger partial charge in [-0.1, -0.05) is 18.1 Å². The first-order valence-electron chi connectivity index (χ1n) is 5.87. The molecule has 0 aromatic carbocycles. The van der Waals surface area contributed by atoms with Gasteiger partial charge in [0.25, 0.3) is 0 Å². The predicted molar refractivity (Wildman–Crippen MR) is 60.1 cm³/mol. The fourth-order valence-corrected chi connectivity index (χ4v) is 2.73. The van der Waals surface area contributed by atoms with Crippen molar-refractivity contribution in [3.8, 4) is 0 Å².